The molecule has 0 unspecified atom stereocenters. The second kappa shape index (κ2) is 68.0. The van der Waals surface area contributed by atoms with Gasteiger partial charge in [0, 0.05) is 43.4 Å². The van der Waals surface area contributed by atoms with Gasteiger partial charge in [0.05, 0.1) is 0 Å². The molecule has 40 valence electrons. The van der Waals surface area contributed by atoms with E-state index in [2.05, 4.69) is 0 Å². The van der Waals surface area contributed by atoms with Crippen LogP contribution in [0, 0.1) is 0 Å². The third-order valence-electron chi connectivity index (χ3n) is 0. The van der Waals surface area contributed by atoms with E-state index in [1.54, 1.807) is 0 Å². The van der Waals surface area contributed by atoms with Crippen LogP contribution in [0.5, 0.6) is 0 Å². The van der Waals surface area contributed by atoms with E-state index >= 15 is 0 Å². The van der Waals surface area contributed by atoms with Gasteiger partial charge >= 0.3 is 0 Å². The quantitative estimate of drug-likeness (QED) is 0.404. The summed E-state index contributed by atoms with van der Waals surface area (Å²) in [6, 6.07) is 0. The molecular formula is C2H16Si2Ti2. The van der Waals surface area contributed by atoms with Crippen molar-refractivity contribution in [2.45, 2.75) is 14.9 Å². The molecule has 0 atom stereocenters. The average Bonchev–Trinajstić information content (AvgIpc) is 0. The fourth-order valence-electron chi connectivity index (χ4n) is 0. The molecule has 0 radical (unpaired) electrons. The van der Waals surface area contributed by atoms with Crippen LogP contribution >= 0.6 is 0 Å². The summed E-state index contributed by atoms with van der Waals surface area (Å²) >= 11 is 0. The second-order valence-corrected chi connectivity index (χ2v) is 0. The van der Waals surface area contributed by atoms with Gasteiger partial charge in [-0.2, -0.15) is 0 Å². The van der Waals surface area contributed by atoms with Crippen molar-refractivity contribution in [3.63, 3.8) is 0 Å². The predicted octanol–water partition coefficient (Wildman–Crippen LogP) is -1.64. The Labute approximate surface area is 79.7 Å². The van der Waals surface area contributed by atoms with Crippen LogP contribution in [0.4, 0.5) is 0 Å². The maximum atomic E-state index is 0. The van der Waals surface area contributed by atoms with E-state index in [9.17, 15) is 0 Å². The Bertz CT molecular complexity index is 9.51. The zero-order valence-corrected chi connectivity index (χ0v) is 4.12. The first kappa shape index (κ1) is 107. The first-order chi connectivity index (χ1) is 0. The molecule has 0 rings (SSSR count). The largest absolute Gasteiger partial charge is 0.0776 e. The van der Waals surface area contributed by atoms with Crippen LogP contribution in [0.1, 0.15) is 14.9 Å². The van der Waals surface area contributed by atoms with Gasteiger partial charge in [0.2, 0.25) is 0 Å². The third kappa shape index (κ3) is 40.0. The van der Waals surface area contributed by atoms with E-state index in [1.807, 2.05) is 0 Å². The maximum Gasteiger partial charge on any atom is 0 e. The molecule has 0 bridgehead atoms. The molecule has 0 aliphatic carbocycles. The van der Waals surface area contributed by atoms with Crippen LogP contribution in [-0.2, 0) is 43.4 Å². The van der Waals surface area contributed by atoms with Gasteiger partial charge in [-0.1, -0.05) is 14.9 Å². The van der Waals surface area contributed by atoms with Gasteiger partial charge in [0.15, 0.2) is 0 Å². The normalized spacial score (nSPS) is 0. The summed E-state index contributed by atoms with van der Waals surface area (Å²) < 4.78 is 0. The van der Waals surface area contributed by atoms with E-state index in [-0.39, 0.29) is 80.2 Å². The minimum absolute atomic E-state index is 0. The van der Waals surface area contributed by atoms with Crippen molar-refractivity contribution >= 4 is 21.9 Å². The molecular weight excluding hydrogens is 176 g/mol. The van der Waals surface area contributed by atoms with Crippen molar-refractivity contribution in [2.24, 2.45) is 0 Å². The molecule has 6 heavy (non-hydrogen) atoms. The van der Waals surface area contributed by atoms with E-state index in [0.717, 1.165) is 0 Å². The zero-order valence-electron chi connectivity index (χ0n) is 1.00. The summed E-state index contributed by atoms with van der Waals surface area (Å²) in [5.74, 6) is 0. The van der Waals surface area contributed by atoms with Gasteiger partial charge in [0.25, 0.3) is 0 Å². The molecule has 0 aromatic carbocycles. The molecule has 0 nitrogen and oxygen atoms in total. The Morgan fingerprint density at radius 1 is 0.500 bits per heavy atom. The first-order valence-corrected chi connectivity index (χ1v) is 0. The van der Waals surface area contributed by atoms with Crippen LogP contribution in [0.25, 0.3) is 0 Å². The van der Waals surface area contributed by atoms with Gasteiger partial charge in [-0.25, -0.2) is 0 Å². The predicted molar refractivity (Wildman–Crippen MR) is 36.1 cm³/mol. The van der Waals surface area contributed by atoms with Crippen molar-refractivity contribution in [3.8, 4) is 0 Å². The van der Waals surface area contributed by atoms with E-state index in [4.69, 9.17) is 0 Å². The van der Waals surface area contributed by atoms with Crippen molar-refractivity contribution in [1.29, 1.82) is 0 Å². The van der Waals surface area contributed by atoms with Crippen molar-refractivity contribution in [2.75, 3.05) is 0 Å². The smallest absolute Gasteiger partial charge is 0 e. The Balaban J connectivity index is 0. The zero-order chi connectivity index (χ0) is 0. The average molecular weight is 192 g/mol. The second-order valence-electron chi connectivity index (χ2n) is 0. The fourth-order valence-corrected chi connectivity index (χ4v) is 0. The summed E-state index contributed by atoms with van der Waals surface area (Å²) in [6.45, 7) is 0. The monoisotopic (exact) mass is 192 g/mol. The van der Waals surface area contributed by atoms with Crippen molar-refractivity contribution in [1.82, 2.24) is 0 Å². The van der Waals surface area contributed by atoms with Gasteiger partial charge in [-0.05, 0) is 21.9 Å². The molecule has 0 aromatic heterocycles. The van der Waals surface area contributed by atoms with E-state index in [1.165, 1.54) is 0 Å². The van der Waals surface area contributed by atoms with E-state index < -0.39 is 0 Å². The maximum absolute atomic E-state index is 0. The number of hydrogen-bond acceptors (Lipinski definition) is 0. The Morgan fingerprint density at radius 2 is 0.500 bits per heavy atom. The Hall–Kier alpha value is 1.86. The Morgan fingerprint density at radius 3 is 0.500 bits per heavy atom. The molecule has 0 amide bonds. The number of rotatable bonds is 0. The molecule has 0 N–H and O–H groups in total. The summed E-state index contributed by atoms with van der Waals surface area (Å²) in [7, 11) is 0. The Kier molecular flexibility index (Phi) is 1210. The van der Waals surface area contributed by atoms with Gasteiger partial charge < -0.3 is 0 Å². The molecule has 4 heteroatoms. The van der Waals surface area contributed by atoms with Crippen molar-refractivity contribution in [3.05, 3.63) is 0 Å². The molecule has 0 spiro atoms. The fraction of sp³-hybridized carbons (Fsp3) is 1.00. The summed E-state index contributed by atoms with van der Waals surface area (Å²) in [5.41, 5.74) is 0. The van der Waals surface area contributed by atoms with Crippen LogP contribution in [0.2, 0.25) is 0 Å². The summed E-state index contributed by atoms with van der Waals surface area (Å²) in [6.07, 6.45) is 0. The minimum atomic E-state index is 0. The molecule has 0 saturated carbocycles. The van der Waals surface area contributed by atoms with Gasteiger partial charge in [0.1, 0.15) is 0 Å². The molecule has 0 heterocycles. The molecule has 0 aliphatic heterocycles. The summed E-state index contributed by atoms with van der Waals surface area (Å²) in [5, 5.41) is 0. The van der Waals surface area contributed by atoms with Crippen molar-refractivity contribution < 1.29 is 43.4 Å². The van der Waals surface area contributed by atoms with E-state index in [0.29, 0.717) is 0 Å². The molecule has 0 fully saturated rings. The molecule has 0 aromatic rings. The van der Waals surface area contributed by atoms with Crippen LogP contribution in [0.3, 0.4) is 0 Å². The standard InChI is InChI=1S/2CH4.2H4Si.2Ti/h4*1H4;;. The van der Waals surface area contributed by atoms with Crippen LogP contribution in [-0.4, -0.2) is 21.9 Å². The SMILES string of the molecule is C.C.[SiH4].[SiH4].[Ti].[Ti]. The van der Waals surface area contributed by atoms with Gasteiger partial charge in [-0.3, -0.25) is 0 Å². The van der Waals surface area contributed by atoms with Gasteiger partial charge in [-0.15, -0.1) is 0 Å². The topological polar surface area (TPSA) is 0 Å². The minimum Gasteiger partial charge on any atom is -0.0776 e. The number of hydrogen-bond donors (Lipinski definition) is 0. The van der Waals surface area contributed by atoms with Crippen LogP contribution < -0.4 is 0 Å². The third-order valence-corrected chi connectivity index (χ3v) is 0. The van der Waals surface area contributed by atoms with Crippen LogP contribution in [0.15, 0.2) is 0 Å². The molecule has 0 aliphatic rings. The first-order valence-electron chi connectivity index (χ1n) is 0. The summed E-state index contributed by atoms with van der Waals surface area (Å²) in [4.78, 5) is 0. The molecule has 0 saturated heterocycles.